The molecule has 5 heteroatoms. The van der Waals surface area contributed by atoms with Gasteiger partial charge in [0.25, 0.3) is 0 Å². The van der Waals surface area contributed by atoms with E-state index in [9.17, 15) is 4.79 Å². The quantitative estimate of drug-likeness (QED) is 0.855. The van der Waals surface area contributed by atoms with Crippen LogP contribution in [0.15, 0.2) is 18.2 Å². The molecule has 0 aromatic heterocycles. The Balaban J connectivity index is 1.83. The van der Waals surface area contributed by atoms with E-state index in [1.54, 1.807) is 14.2 Å². The number of amides is 1. The maximum atomic E-state index is 11.5. The minimum Gasteiger partial charge on any atom is -0.497 e. The van der Waals surface area contributed by atoms with Gasteiger partial charge in [0, 0.05) is 32.1 Å². The van der Waals surface area contributed by atoms with Crippen LogP contribution in [0.25, 0.3) is 0 Å². The third-order valence-corrected chi connectivity index (χ3v) is 3.38. The van der Waals surface area contributed by atoms with Crippen molar-refractivity contribution in [3.05, 3.63) is 23.8 Å². The standard InChI is InChI=1S/C15H21NO4/c1-18-6-5-15(17)16-9-11-7-12-3-4-13(19-2)8-14(12)20-10-11/h3-4,8,11H,5-7,9-10H2,1-2H3,(H,16,17). The molecule has 110 valence electrons. The highest BCUT2D eigenvalue weighted by atomic mass is 16.5. The van der Waals surface area contributed by atoms with E-state index in [4.69, 9.17) is 14.2 Å². The van der Waals surface area contributed by atoms with Crippen molar-refractivity contribution in [3.63, 3.8) is 0 Å². The Hall–Kier alpha value is -1.75. The lowest BCUT2D eigenvalue weighted by atomic mass is 9.96. The Kier molecular flexibility index (Phi) is 5.24. The minimum atomic E-state index is 0.0207. The van der Waals surface area contributed by atoms with Crippen LogP contribution in [0.3, 0.4) is 0 Å². The van der Waals surface area contributed by atoms with E-state index in [0.717, 1.165) is 23.5 Å². The monoisotopic (exact) mass is 279 g/mol. The van der Waals surface area contributed by atoms with E-state index in [-0.39, 0.29) is 5.91 Å². The number of nitrogens with one attached hydrogen (secondary N) is 1. The Bertz CT molecular complexity index is 461. The van der Waals surface area contributed by atoms with Crippen molar-refractivity contribution in [1.29, 1.82) is 0 Å². The van der Waals surface area contributed by atoms with Crippen LogP contribution >= 0.6 is 0 Å². The number of ether oxygens (including phenoxy) is 3. The summed E-state index contributed by atoms with van der Waals surface area (Å²) in [5.74, 6) is 2.01. The molecule has 1 unspecified atom stereocenters. The smallest absolute Gasteiger partial charge is 0.222 e. The number of methoxy groups -OCH3 is 2. The van der Waals surface area contributed by atoms with Crippen molar-refractivity contribution >= 4 is 5.91 Å². The Labute approximate surface area is 119 Å². The van der Waals surface area contributed by atoms with Crippen LogP contribution in [0, 0.1) is 5.92 Å². The summed E-state index contributed by atoms with van der Waals surface area (Å²) < 4.78 is 15.8. The molecule has 0 spiro atoms. The first kappa shape index (κ1) is 14.7. The molecule has 1 aromatic rings. The summed E-state index contributed by atoms with van der Waals surface area (Å²) in [6.07, 6.45) is 1.31. The maximum absolute atomic E-state index is 11.5. The summed E-state index contributed by atoms with van der Waals surface area (Å²) in [5, 5.41) is 2.92. The van der Waals surface area contributed by atoms with Gasteiger partial charge in [0.05, 0.1) is 20.3 Å². The molecule has 1 amide bonds. The molecule has 0 radical (unpaired) electrons. The lowest BCUT2D eigenvalue weighted by Gasteiger charge is -2.25. The van der Waals surface area contributed by atoms with Crippen LogP contribution in [0.5, 0.6) is 11.5 Å². The molecule has 0 aliphatic carbocycles. The molecule has 0 bridgehead atoms. The second kappa shape index (κ2) is 7.14. The van der Waals surface area contributed by atoms with E-state index < -0.39 is 0 Å². The molecule has 1 N–H and O–H groups in total. The van der Waals surface area contributed by atoms with Crippen molar-refractivity contribution < 1.29 is 19.0 Å². The predicted molar refractivity (Wildman–Crippen MR) is 75.2 cm³/mol. The summed E-state index contributed by atoms with van der Waals surface area (Å²) >= 11 is 0. The van der Waals surface area contributed by atoms with Crippen LogP contribution in [-0.2, 0) is 16.0 Å². The largest absolute Gasteiger partial charge is 0.497 e. The second-order valence-corrected chi connectivity index (χ2v) is 4.90. The van der Waals surface area contributed by atoms with Crippen LogP contribution < -0.4 is 14.8 Å². The first-order valence-corrected chi connectivity index (χ1v) is 6.78. The van der Waals surface area contributed by atoms with Gasteiger partial charge in [-0.1, -0.05) is 6.07 Å². The van der Waals surface area contributed by atoms with Gasteiger partial charge in [-0.25, -0.2) is 0 Å². The molecule has 1 aliphatic rings. The van der Waals surface area contributed by atoms with Gasteiger partial charge in [0.15, 0.2) is 0 Å². The zero-order valence-corrected chi connectivity index (χ0v) is 12.0. The van der Waals surface area contributed by atoms with Gasteiger partial charge in [-0.15, -0.1) is 0 Å². The summed E-state index contributed by atoms with van der Waals surface area (Å²) in [4.78, 5) is 11.5. The summed E-state index contributed by atoms with van der Waals surface area (Å²) in [7, 11) is 3.23. The van der Waals surface area contributed by atoms with E-state index in [1.165, 1.54) is 0 Å². The molecule has 0 saturated carbocycles. The second-order valence-electron chi connectivity index (χ2n) is 4.90. The highest BCUT2D eigenvalue weighted by Crippen LogP contribution is 2.30. The van der Waals surface area contributed by atoms with Crippen molar-refractivity contribution in [3.8, 4) is 11.5 Å². The molecule has 1 aliphatic heterocycles. The van der Waals surface area contributed by atoms with Gasteiger partial charge in [0.2, 0.25) is 5.91 Å². The molecule has 1 aromatic carbocycles. The van der Waals surface area contributed by atoms with Crippen LogP contribution in [0.2, 0.25) is 0 Å². The fourth-order valence-electron chi connectivity index (χ4n) is 2.21. The number of benzene rings is 1. The summed E-state index contributed by atoms with van der Waals surface area (Å²) in [6.45, 7) is 1.70. The zero-order chi connectivity index (χ0) is 14.4. The van der Waals surface area contributed by atoms with Crippen LogP contribution in [-0.4, -0.2) is 39.9 Å². The van der Waals surface area contributed by atoms with Gasteiger partial charge in [-0.05, 0) is 18.1 Å². The highest BCUT2D eigenvalue weighted by Gasteiger charge is 2.20. The zero-order valence-electron chi connectivity index (χ0n) is 12.0. The number of carbonyl (C=O) groups is 1. The van der Waals surface area contributed by atoms with Gasteiger partial charge in [-0.2, -0.15) is 0 Å². The fraction of sp³-hybridized carbons (Fsp3) is 0.533. The maximum Gasteiger partial charge on any atom is 0.222 e. The number of fused-ring (bicyclic) bond motifs is 1. The van der Waals surface area contributed by atoms with E-state index in [1.807, 2.05) is 18.2 Å². The number of carbonyl (C=O) groups excluding carboxylic acids is 1. The topological polar surface area (TPSA) is 56.8 Å². The molecule has 1 heterocycles. The Morgan fingerprint density at radius 2 is 2.30 bits per heavy atom. The summed E-state index contributed by atoms with van der Waals surface area (Å²) in [5.41, 5.74) is 1.16. The number of rotatable bonds is 6. The van der Waals surface area contributed by atoms with E-state index >= 15 is 0 Å². The van der Waals surface area contributed by atoms with Gasteiger partial charge >= 0.3 is 0 Å². The first-order chi connectivity index (χ1) is 9.72. The average molecular weight is 279 g/mol. The predicted octanol–water partition coefficient (Wildman–Crippen LogP) is 1.40. The number of hydrogen-bond acceptors (Lipinski definition) is 4. The van der Waals surface area contributed by atoms with Gasteiger partial charge < -0.3 is 19.5 Å². The molecule has 5 nitrogen and oxygen atoms in total. The molecular formula is C15H21NO4. The summed E-state index contributed by atoms with van der Waals surface area (Å²) in [6, 6.07) is 5.86. The lowest BCUT2D eigenvalue weighted by Crippen LogP contribution is -2.35. The highest BCUT2D eigenvalue weighted by molar-refractivity contribution is 5.75. The van der Waals surface area contributed by atoms with Crippen LogP contribution in [0.4, 0.5) is 0 Å². The minimum absolute atomic E-state index is 0.0207. The fourth-order valence-corrected chi connectivity index (χ4v) is 2.21. The SMILES string of the molecule is COCCC(=O)NCC1COc2cc(OC)ccc2C1. The molecule has 20 heavy (non-hydrogen) atoms. The van der Waals surface area contributed by atoms with Crippen molar-refractivity contribution in [2.75, 3.05) is 34.0 Å². The molecule has 1 atom stereocenters. The third-order valence-electron chi connectivity index (χ3n) is 3.38. The lowest BCUT2D eigenvalue weighted by molar-refractivity contribution is -0.122. The molecule has 0 fully saturated rings. The molecule has 2 rings (SSSR count). The first-order valence-electron chi connectivity index (χ1n) is 6.78. The van der Waals surface area contributed by atoms with Crippen molar-refractivity contribution in [2.45, 2.75) is 12.8 Å². The third kappa shape index (κ3) is 3.87. The molecular weight excluding hydrogens is 258 g/mol. The Morgan fingerprint density at radius 3 is 3.05 bits per heavy atom. The van der Waals surface area contributed by atoms with E-state index in [0.29, 0.717) is 32.1 Å². The van der Waals surface area contributed by atoms with Crippen LogP contribution in [0.1, 0.15) is 12.0 Å². The van der Waals surface area contributed by atoms with E-state index in [2.05, 4.69) is 5.32 Å². The average Bonchev–Trinajstić information content (AvgIpc) is 2.50. The van der Waals surface area contributed by atoms with Crippen molar-refractivity contribution in [2.24, 2.45) is 5.92 Å². The number of hydrogen-bond donors (Lipinski definition) is 1. The van der Waals surface area contributed by atoms with Gasteiger partial charge in [-0.3, -0.25) is 4.79 Å². The van der Waals surface area contributed by atoms with Crippen molar-refractivity contribution in [1.82, 2.24) is 5.32 Å². The van der Waals surface area contributed by atoms with Gasteiger partial charge in [0.1, 0.15) is 11.5 Å². The molecule has 0 saturated heterocycles. The Morgan fingerprint density at radius 1 is 1.45 bits per heavy atom. The normalized spacial score (nSPS) is 17.0.